The van der Waals surface area contributed by atoms with Crippen LogP contribution in [0.3, 0.4) is 0 Å². The van der Waals surface area contributed by atoms with Crippen molar-refractivity contribution in [3.63, 3.8) is 0 Å². The first-order valence-electron chi connectivity index (χ1n) is 6.45. The summed E-state index contributed by atoms with van der Waals surface area (Å²) in [5.74, 6) is -4.42. The molecule has 1 amide bonds. The van der Waals surface area contributed by atoms with Crippen LogP contribution in [0.2, 0.25) is 0 Å². The van der Waals surface area contributed by atoms with Crippen LogP contribution in [0.15, 0.2) is 17.5 Å². The fourth-order valence-corrected chi connectivity index (χ4v) is 4.10. The molecule has 7 nitrogen and oxygen atoms in total. The summed E-state index contributed by atoms with van der Waals surface area (Å²) in [5, 5.41) is 22.9. The van der Waals surface area contributed by atoms with Crippen molar-refractivity contribution in [2.45, 2.75) is 18.0 Å². The minimum absolute atomic E-state index is 0.0541. The molecule has 112 valence electrons. The molecule has 0 aliphatic heterocycles. The van der Waals surface area contributed by atoms with Crippen molar-refractivity contribution >= 4 is 29.2 Å². The van der Waals surface area contributed by atoms with E-state index in [1.807, 2.05) is 0 Å². The maximum absolute atomic E-state index is 12.0. The fourth-order valence-electron chi connectivity index (χ4n) is 3.48. The zero-order chi connectivity index (χ0) is 15.4. The van der Waals surface area contributed by atoms with Crippen LogP contribution in [0.25, 0.3) is 0 Å². The molecule has 0 radical (unpaired) electrons. The van der Waals surface area contributed by atoms with Crippen LogP contribution in [-0.4, -0.2) is 39.6 Å². The van der Waals surface area contributed by atoms with E-state index in [9.17, 15) is 19.5 Å². The van der Waals surface area contributed by atoms with Crippen molar-refractivity contribution in [1.29, 1.82) is 0 Å². The van der Waals surface area contributed by atoms with Gasteiger partial charge in [-0.2, -0.15) is 0 Å². The van der Waals surface area contributed by atoms with Crippen molar-refractivity contribution in [2.75, 3.05) is 0 Å². The second-order valence-corrected chi connectivity index (χ2v) is 6.52. The molecule has 0 saturated heterocycles. The number of hydrogen-bond donors (Lipinski definition) is 4. The van der Waals surface area contributed by atoms with E-state index >= 15 is 0 Å². The summed E-state index contributed by atoms with van der Waals surface area (Å²) in [6.07, 6.45) is 0.0541. The molecule has 2 saturated carbocycles. The second kappa shape index (κ2) is 4.54. The second-order valence-electron chi connectivity index (χ2n) is 5.57. The quantitative estimate of drug-likeness (QED) is 0.618. The van der Waals surface area contributed by atoms with E-state index in [0.29, 0.717) is 4.88 Å². The van der Waals surface area contributed by atoms with Gasteiger partial charge in [0.25, 0.3) is 5.91 Å². The molecule has 1 aromatic rings. The smallest absolute Gasteiger partial charge is 0.324 e. The third kappa shape index (κ3) is 2.02. The SMILES string of the molecule is N[C@@]1(C(=O)O)C[C@H](NC(=O)c2cccs2)[C@H]2[C@H](C(=O)O)[C@H]21. The Balaban J connectivity index is 1.80. The van der Waals surface area contributed by atoms with Gasteiger partial charge in [-0.3, -0.25) is 14.4 Å². The summed E-state index contributed by atoms with van der Waals surface area (Å²) in [4.78, 5) is 35.1. The molecule has 5 N–H and O–H groups in total. The molecule has 21 heavy (non-hydrogen) atoms. The number of carboxylic acids is 2. The minimum Gasteiger partial charge on any atom is -0.481 e. The first kappa shape index (κ1) is 14.0. The van der Waals surface area contributed by atoms with E-state index < -0.39 is 41.3 Å². The van der Waals surface area contributed by atoms with E-state index in [1.165, 1.54) is 11.3 Å². The third-order valence-corrected chi connectivity index (χ3v) is 5.31. The Morgan fingerprint density at radius 2 is 2.10 bits per heavy atom. The van der Waals surface area contributed by atoms with Crippen molar-refractivity contribution in [3.05, 3.63) is 22.4 Å². The maximum atomic E-state index is 12.0. The third-order valence-electron chi connectivity index (χ3n) is 4.44. The van der Waals surface area contributed by atoms with Gasteiger partial charge >= 0.3 is 11.9 Å². The lowest BCUT2D eigenvalue weighted by Gasteiger charge is -2.24. The van der Waals surface area contributed by atoms with Gasteiger partial charge in [0, 0.05) is 12.0 Å². The number of nitrogens with two attached hydrogens (primary N) is 1. The highest BCUT2D eigenvalue weighted by atomic mass is 32.1. The Labute approximate surface area is 123 Å². The monoisotopic (exact) mass is 310 g/mol. The van der Waals surface area contributed by atoms with Crippen LogP contribution in [0.4, 0.5) is 0 Å². The molecular weight excluding hydrogens is 296 g/mol. The largest absolute Gasteiger partial charge is 0.481 e. The molecule has 2 fully saturated rings. The van der Waals surface area contributed by atoms with Gasteiger partial charge in [0.2, 0.25) is 0 Å². The number of carboxylic acid groups (broad SMARTS) is 2. The van der Waals surface area contributed by atoms with Crippen molar-refractivity contribution in [3.8, 4) is 0 Å². The van der Waals surface area contributed by atoms with Gasteiger partial charge in [0.05, 0.1) is 10.8 Å². The molecule has 0 bridgehead atoms. The van der Waals surface area contributed by atoms with Crippen LogP contribution in [0, 0.1) is 17.8 Å². The summed E-state index contributed by atoms with van der Waals surface area (Å²) in [6.45, 7) is 0. The zero-order valence-corrected chi connectivity index (χ0v) is 11.7. The zero-order valence-electron chi connectivity index (χ0n) is 10.9. The number of thiophene rings is 1. The van der Waals surface area contributed by atoms with Crippen molar-refractivity contribution in [2.24, 2.45) is 23.5 Å². The van der Waals surface area contributed by atoms with E-state index in [-0.39, 0.29) is 12.3 Å². The maximum Gasteiger partial charge on any atom is 0.324 e. The topological polar surface area (TPSA) is 130 Å². The molecule has 3 rings (SSSR count). The summed E-state index contributed by atoms with van der Waals surface area (Å²) in [7, 11) is 0. The van der Waals surface area contributed by atoms with Crippen molar-refractivity contribution < 1.29 is 24.6 Å². The highest BCUT2D eigenvalue weighted by Gasteiger charge is 2.74. The van der Waals surface area contributed by atoms with E-state index in [4.69, 9.17) is 10.8 Å². The molecule has 0 aromatic carbocycles. The van der Waals surface area contributed by atoms with Crippen LogP contribution >= 0.6 is 11.3 Å². The Morgan fingerprint density at radius 3 is 2.62 bits per heavy atom. The Kier molecular flexibility index (Phi) is 3.03. The minimum atomic E-state index is -1.58. The molecule has 1 heterocycles. The van der Waals surface area contributed by atoms with Gasteiger partial charge in [-0.25, -0.2) is 0 Å². The Hall–Kier alpha value is -1.93. The lowest BCUT2D eigenvalue weighted by molar-refractivity contribution is -0.145. The summed E-state index contributed by atoms with van der Waals surface area (Å²) in [6, 6.07) is 2.87. The average Bonchev–Trinajstić information content (AvgIpc) is 2.78. The number of aliphatic carboxylic acids is 2. The molecule has 8 heteroatoms. The van der Waals surface area contributed by atoms with Crippen molar-refractivity contribution in [1.82, 2.24) is 5.32 Å². The number of nitrogens with one attached hydrogen (secondary N) is 1. The highest BCUT2D eigenvalue weighted by Crippen LogP contribution is 2.61. The number of amides is 1. The Bertz CT molecular complexity index is 616. The average molecular weight is 310 g/mol. The number of carbonyl (C=O) groups is 3. The summed E-state index contributed by atoms with van der Waals surface area (Å²) in [5.41, 5.74) is 4.31. The highest BCUT2D eigenvalue weighted by molar-refractivity contribution is 7.12. The normalized spacial score (nSPS) is 36.8. The summed E-state index contributed by atoms with van der Waals surface area (Å²) < 4.78 is 0. The first-order valence-corrected chi connectivity index (χ1v) is 7.33. The van der Waals surface area contributed by atoms with Gasteiger partial charge < -0.3 is 21.3 Å². The molecule has 5 atom stereocenters. The van der Waals surface area contributed by atoms with Crippen LogP contribution in [0.1, 0.15) is 16.1 Å². The van der Waals surface area contributed by atoms with Crippen LogP contribution < -0.4 is 11.1 Å². The number of hydrogen-bond acceptors (Lipinski definition) is 5. The fraction of sp³-hybridized carbons (Fsp3) is 0.462. The number of fused-ring (bicyclic) bond motifs is 1. The lowest BCUT2D eigenvalue weighted by Crippen LogP contribution is -2.52. The van der Waals surface area contributed by atoms with Gasteiger partial charge in [-0.15, -0.1) is 11.3 Å². The van der Waals surface area contributed by atoms with Gasteiger partial charge in [0.15, 0.2) is 0 Å². The lowest BCUT2D eigenvalue weighted by atomic mass is 9.90. The molecule has 0 spiro atoms. The molecule has 2 aliphatic carbocycles. The first-order chi connectivity index (χ1) is 9.86. The molecular formula is C13H14N2O5S. The summed E-state index contributed by atoms with van der Waals surface area (Å²) >= 11 is 1.27. The van der Waals surface area contributed by atoms with Crippen LogP contribution in [-0.2, 0) is 9.59 Å². The number of carbonyl (C=O) groups excluding carboxylic acids is 1. The van der Waals surface area contributed by atoms with E-state index in [0.717, 1.165) is 0 Å². The standard InChI is InChI=1S/C13H14N2O5S/c14-13(12(19)20)4-5(7-8(9(7)13)11(17)18)15-10(16)6-2-1-3-21-6/h1-3,5,7-9H,4,14H2,(H,15,16)(H,17,18)(H,19,20)/t5-,7-,8-,9-,13-/m0/s1. The van der Waals surface area contributed by atoms with Gasteiger partial charge in [-0.1, -0.05) is 6.07 Å². The van der Waals surface area contributed by atoms with E-state index in [2.05, 4.69) is 5.32 Å². The number of rotatable bonds is 4. The predicted octanol–water partition coefficient (Wildman–Crippen LogP) is -0.0209. The van der Waals surface area contributed by atoms with Gasteiger partial charge in [0.1, 0.15) is 5.54 Å². The van der Waals surface area contributed by atoms with Gasteiger partial charge in [-0.05, 0) is 23.8 Å². The molecule has 2 aliphatic rings. The van der Waals surface area contributed by atoms with E-state index in [1.54, 1.807) is 17.5 Å². The Morgan fingerprint density at radius 1 is 1.38 bits per heavy atom. The van der Waals surface area contributed by atoms with Crippen LogP contribution in [0.5, 0.6) is 0 Å². The predicted molar refractivity (Wildman–Crippen MR) is 72.9 cm³/mol. The molecule has 0 unspecified atom stereocenters. The molecule has 1 aromatic heterocycles.